The van der Waals surface area contributed by atoms with Gasteiger partial charge in [-0.3, -0.25) is 4.90 Å². The molecule has 0 unspecified atom stereocenters. The number of nitrogens with zero attached hydrogens (tertiary/aromatic N) is 1. The van der Waals surface area contributed by atoms with Crippen LogP contribution < -0.4 is 5.73 Å². The standard InChI is InChI=1S/C16H25ClN2O/c1-19(11-13-4-3-5-14(17)10-13)16(12-18)8-6-15(20-2)7-9-16/h3-5,10,15H,6-9,11-12,18H2,1-2H3. The molecule has 0 spiro atoms. The van der Waals surface area contributed by atoms with Crippen molar-refractivity contribution in [2.75, 3.05) is 20.7 Å². The van der Waals surface area contributed by atoms with Crippen molar-refractivity contribution >= 4 is 11.6 Å². The first-order valence-electron chi connectivity index (χ1n) is 7.28. The average Bonchev–Trinajstić information content (AvgIpc) is 2.47. The monoisotopic (exact) mass is 296 g/mol. The van der Waals surface area contributed by atoms with Gasteiger partial charge in [0.15, 0.2) is 0 Å². The van der Waals surface area contributed by atoms with Crippen LogP contribution in [0.15, 0.2) is 24.3 Å². The highest BCUT2D eigenvalue weighted by atomic mass is 35.5. The van der Waals surface area contributed by atoms with E-state index in [1.807, 2.05) is 18.2 Å². The Kier molecular flexibility index (Phi) is 5.44. The molecule has 0 saturated heterocycles. The Bertz CT molecular complexity index is 430. The Hall–Kier alpha value is -0.610. The lowest BCUT2D eigenvalue weighted by molar-refractivity contribution is 0.000504. The van der Waals surface area contributed by atoms with Crippen molar-refractivity contribution in [3.8, 4) is 0 Å². The highest BCUT2D eigenvalue weighted by Crippen LogP contribution is 2.34. The van der Waals surface area contributed by atoms with Crippen molar-refractivity contribution in [1.29, 1.82) is 0 Å². The predicted molar refractivity (Wildman–Crippen MR) is 84.0 cm³/mol. The Balaban J connectivity index is 2.04. The number of methoxy groups -OCH3 is 1. The quantitative estimate of drug-likeness (QED) is 0.907. The van der Waals surface area contributed by atoms with E-state index >= 15 is 0 Å². The summed E-state index contributed by atoms with van der Waals surface area (Å²) in [4.78, 5) is 2.39. The van der Waals surface area contributed by atoms with Crippen LogP contribution in [-0.2, 0) is 11.3 Å². The zero-order valence-corrected chi connectivity index (χ0v) is 13.2. The van der Waals surface area contributed by atoms with Crippen LogP contribution in [0.25, 0.3) is 0 Å². The highest BCUT2D eigenvalue weighted by molar-refractivity contribution is 6.30. The molecular formula is C16H25ClN2O. The normalized spacial score (nSPS) is 26.9. The van der Waals surface area contributed by atoms with Crippen LogP contribution in [0.2, 0.25) is 5.02 Å². The third kappa shape index (κ3) is 3.53. The molecule has 2 rings (SSSR count). The van der Waals surface area contributed by atoms with Gasteiger partial charge in [-0.05, 0) is 50.4 Å². The van der Waals surface area contributed by atoms with Gasteiger partial charge in [-0.15, -0.1) is 0 Å². The Morgan fingerprint density at radius 1 is 1.40 bits per heavy atom. The molecular weight excluding hydrogens is 272 g/mol. The van der Waals surface area contributed by atoms with Gasteiger partial charge < -0.3 is 10.5 Å². The molecule has 1 aromatic carbocycles. The first-order valence-corrected chi connectivity index (χ1v) is 7.66. The fourth-order valence-corrected chi connectivity index (χ4v) is 3.40. The number of halogens is 1. The van der Waals surface area contributed by atoms with Gasteiger partial charge >= 0.3 is 0 Å². The summed E-state index contributed by atoms with van der Waals surface area (Å²) in [5.41, 5.74) is 7.43. The molecule has 112 valence electrons. The van der Waals surface area contributed by atoms with Crippen molar-refractivity contribution < 1.29 is 4.74 Å². The van der Waals surface area contributed by atoms with Gasteiger partial charge in [-0.25, -0.2) is 0 Å². The van der Waals surface area contributed by atoms with Gasteiger partial charge in [-0.2, -0.15) is 0 Å². The summed E-state index contributed by atoms with van der Waals surface area (Å²) < 4.78 is 5.47. The molecule has 1 saturated carbocycles. The van der Waals surface area contributed by atoms with Crippen molar-refractivity contribution in [1.82, 2.24) is 4.90 Å². The molecule has 0 atom stereocenters. The van der Waals surface area contributed by atoms with Gasteiger partial charge in [0.25, 0.3) is 0 Å². The summed E-state index contributed by atoms with van der Waals surface area (Å²) in [7, 11) is 3.97. The zero-order valence-electron chi connectivity index (χ0n) is 12.4. The molecule has 0 aliphatic heterocycles. The Morgan fingerprint density at radius 3 is 2.65 bits per heavy atom. The van der Waals surface area contributed by atoms with Crippen LogP contribution in [0.4, 0.5) is 0 Å². The number of hydrogen-bond donors (Lipinski definition) is 1. The first kappa shape index (κ1) is 15.8. The molecule has 4 heteroatoms. The SMILES string of the molecule is COC1CCC(CN)(N(C)Cc2cccc(Cl)c2)CC1. The second kappa shape index (κ2) is 6.90. The molecule has 0 radical (unpaired) electrons. The van der Waals surface area contributed by atoms with E-state index in [0.29, 0.717) is 12.6 Å². The fraction of sp³-hybridized carbons (Fsp3) is 0.625. The molecule has 0 heterocycles. The van der Waals surface area contributed by atoms with Crippen LogP contribution in [0.3, 0.4) is 0 Å². The maximum Gasteiger partial charge on any atom is 0.0572 e. The lowest BCUT2D eigenvalue weighted by Gasteiger charge is -2.45. The van der Waals surface area contributed by atoms with Crippen LogP contribution >= 0.6 is 11.6 Å². The van der Waals surface area contributed by atoms with Gasteiger partial charge in [0, 0.05) is 30.8 Å². The number of rotatable bonds is 5. The van der Waals surface area contributed by atoms with E-state index < -0.39 is 0 Å². The Labute approximate surface area is 127 Å². The van der Waals surface area contributed by atoms with Crippen molar-refractivity contribution in [3.63, 3.8) is 0 Å². The van der Waals surface area contributed by atoms with Crippen molar-refractivity contribution in [2.45, 2.75) is 43.9 Å². The highest BCUT2D eigenvalue weighted by Gasteiger charge is 2.37. The van der Waals surface area contributed by atoms with E-state index in [2.05, 4.69) is 18.0 Å². The van der Waals surface area contributed by atoms with Crippen molar-refractivity contribution in [3.05, 3.63) is 34.9 Å². The van der Waals surface area contributed by atoms with Crippen LogP contribution in [-0.4, -0.2) is 37.2 Å². The lowest BCUT2D eigenvalue weighted by Crippen LogP contribution is -2.54. The van der Waals surface area contributed by atoms with Crippen LogP contribution in [0.1, 0.15) is 31.2 Å². The van der Waals surface area contributed by atoms with E-state index in [1.54, 1.807) is 7.11 Å². The second-order valence-electron chi connectivity index (χ2n) is 5.85. The minimum absolute atomic E-state index is 0.0946. The minimum atomic E-state index is 0.0946. The number of hydrogen-bond acceptors (Lipinski definition) is 3. The molecule has 1 aliphatic rings. The summed E-state index contributed by atoms with van der Waals surface area (Å²) in [6.07, 6.45) is 4.77. The smallest absolute Gasteiger partial charge is 0.0572 e. The molecule has 0 bridgehead atoms. The topological polar surface area (TPSA) is 38.5 Å². The number of ether oxygens (including phenoxy) is 1. The molecule has 1 aliphatic carbocycles. The molecule has 2 N–H and O–H groups in total. The summed E-state index contributed by atoms with van der Waals surface area (Å²) in [5, 5.41) is 0.792. The lowest BCUT2D eigenvalue weighted by atomic mass is 9.79. The summed E-state index contributed by atoms with van der Waals surface area (Å²) >= 11 is 6.06. The summed E-state index contributed by atoms with van der Waals surface area (Å²) in [6.45, 7) is 1.58. The van der Waals surface area contributed by atoms with Crippen molar-refractivity contribution in [2.24, 2.45) is 5.73 Å². The maximum absolute atomic E-state index is 6.10. The second-order valence-corrected chi connectivity index (χ2v) is 6.29. The van der Waals surface area contributed by atoms with Crippen LogP contribution in [0, 0.1) is 0 Å². The third-order valence-electron chi connectivity index (χ3n) is 4.70. The molecule has 20 heavy (non-hydrogen) atoms. The Morgan fingerprint density at radius 2 is 2.10 bits per heavy atom. The number of likely N-dealkylation sites (N-methyl/N-ethyl adjacent to an activating group) is 1. The number of nitrogens with two attached hydrogens (primary N) is 1. The maximum atomic E-state index is 6.10. The van der Waals surface area contributed by atoms with E-state index in [1.165, 1.54) is 5.56 Å². The van der Waals surface area contributed by atoms with E-state index in [4.69, 9.17) is 22.1 Å². The molecule has 3 nitrogen and oxygen atoms in total. The first-order chi connectivity index (χ1) is 9.59. The van der Waals surface area contributed by atoms with Gasteiger partial charge in [0.2, 0.25) is 0 Å². The van der Waals surface area contributed by atoms with Gasteiger partial charge in [0.05, 0.1) is 6.10 Å². The van der Waals surface area contributed by atoms with E-state index in [0.717, 1.165) is 37.3 Å². The van der Waals surface area contributed by atoms with Crippen LogP contribution in [0.5, 0.6) is 0 Å². The fourth-order valence-electron chi connectivity index (χ4n) is 3.18. The molecule has 0 aromatic heterocycles. The third-order valence-corrected chi connectivity index (χ3v) is 4.93. The predicted octanol–water partition coefficient (Wildman–Crippen LogP) is 3.06. The summed E-state index contributed by atoms with van der Waals surface area (Å²) in [6, 6.07) is 8.06. The number of benzene rings is 1. The molecule has 1 fully saturated rings. The largest absolute Gasteiger partial charge is 0.381 e. The summed E-state index contributed by atoms with van der Waals surface area (Å²) in [5.74, 6) is 0. The minimum Gasteiger partial charge on any atom is -0.381 e. The van der Waals surface area contributed by atoms with Gasteiger partial charge in [0.1, 0.15) is 0 Å². The van der Waals surface area contributed by atoms with Gasteiger partial charge in [-0.1, -0.05) is 23.7 Å². The average molecular weight is 297 g/mol. The van der Waals surface area contributed by atoms with E-state index in [-0.39, 0.29) is 5.54 Å². The van der Waals surface area contributed by atoms with E-state index in [9.17, 15) is 0 Å². The zero-order chi connectivity index (χ0) is 14.6. The molecule has 1 aromatic rings. The molecule has 0 amide bonds.